The molecule has 0 unspecified atom stereocenters. The molecule has 0 saturated heterocycles. The molecule has 0 fully saturated rings. The van der Waals surface area contributed by atoms with E-state index in [1.807, 2.05) is 11.3 Å². The van der Waals surface area contributed by atoms with Crippen molar-refractivity contribution in [3.63, 3.8) is 0 Å². The quantitative estimate of drug-likeness (QED) is 0.167. The Bertz CT molecular complexity index is 4350. The minimum Gasteiger partial charge on any atom is -0.309 e. The number of hydrogen-bond donors (Lipinski definition) is 0. The van der Waals surface area contributed by atoms with Crippen molar-refractivity contribution in [1.82, 2.24) is 13.7 Å². The Morgan fingerprint density at radius 1 is 0.373 bits per heavy atom. The van der Waals surface area contributed by atoms with Crippen LogP contribution in [0.5, 0.6) is 0 Å². The van der Waals surface area contributed by atoms with Crippen LogP contribution in [0, 0.1) is 0 Å². The third-order valence-corrected chi connectivity index (χ3v) is 16.2. The van der Waals surface area contributed by atoms with Crippen molar-refractivity contribution >= 4 is 96.9 Å². The van der Waals surface area contributed by atoms with Gasteiger partial charge in [-0.05, 0) is 113 Å². The number of benzene rings is 10. The van der Waals surface area contributed by atoms with E-state index < -0.39 is 0 Å². The zero-order valence-corrected chi connectivity index (χ0v) is 37.8. The summed E-state index contributed by atoms with van der Waals surface area (Å²) < 4.78 is 10.1. The van der Waals surface area contributed by atoms with E-state index in [1.54, 1.807) is 0 Å². The van der Waals surface area contributed by atoms with Crippen LogP contribution in [0.2, 0.25) is 0 Å². The zero-order valence-electron chi connectivity index (χ0n) is 37.0. The molecule has 0 radical (unpaired) electrons. The second-order valence-corrected chi connectivity index (χ2v) is 19.9. The first-order valence-electron chi connectivity index (χ1n) is 23.3. The van der Waals surface area contributed by atoms with Gasteiger partial charge < -0.3 is 13.7 Å². The van der Waals surface area contributed by atoms with Crippen LogP contribution in [0.15, 0.2) is 212 Å². The first kappa shape index (κ1) is 37.1. The fourth-order valence-corrected chi connectivity index (χ4v) is 13.4. The van der Waals surface area contributed by atoms with Crippen molar-refractivity contribution in [2.24, 2.45) is 0 Å². The number of rotatable bonds is 4. The highest BCUT2D eigenvalue weighted by Gasteiger charge is 2.40. The summed E-state index contributed by atoms with van der Waals surface area (Å²) in [5, 5.41) is 10.3. The summed E-state index contributed by atoms with van der Waals surface area (Å²) in [4.78, 5) is 0. The van der Waals surface area contributed by atoms with Gasteiger partial charge in [-0.1, -0.05) is 141 Å². The maximum atomic E-state index is 2.55. The summed E-state index contributed by atoms with van der Waals surface area (Å²) in [6, 6.07) is 78.9. The molecule has 3 nitrogen and oxygen atoms in total. The Morgan fingerprint density at radius 3 is 1.49 bits per heavy atom. The average molecular weight is 872 g/mol. The smallest absolute Gasteiger partial charge is 0.0637 e. The van der Waals surface area contributed by atoms with Gasteiger partial charge in [0, 0.05) is 80.5 Å². The Hall–Kier alpha value is -8.18. The van der Waals surface area contributed by atoms with E-state index in [0.717, 1.165) is 11.4 Å². The molecule has 314 valence electrons. The van der Waals surface area contributed by atoms with Crippen LogP contribution in [0.1, 0.15) is 25.0 Å². The van der Waals surface area contributed by atoms with Gasteiger partial charge in [0.15, 0.2) is 0 Å². The molecule has 0 bridgehead atoms. The monoisotopic (exact) mass is 871 g/mol. The van der Waals surface area contributed by atoms with Gasteiger partial charge in [-0.15, -0.1) is 11.3 Å². The summed E-state index contributed by atoms with van der Waals surface area (Å²) in [7, 11) is 0. The van der Waals surface area contributed by atoms with Crippen molar-refractivity contribution < 1.29 is 0 Å². The van der Waals surface area contributed by atoms with Crippen LogP contribution in [-0.4, -0.2) is 13.7 Å². The lowest BCUT2D eigenvalue weighted by Gasteiger charge is -2.23. The van der Waals surface area contributed by atoms with E-state index >= 15 is 0 Å². The maximum absolute atomic E-state index is 2.55. The molecular formula is C63H41N3S. The van der Waals surface area contributed by atoms with E-state index in [4.69, 9.17) is 0 Å². The molecular weight excluding hydrogens is 831 g/mol. The van der Waals surface area contributed by atoms with Gasteiger partial charge in [0.1, 0.15) is 0 Å². The molecule has 15 rings (SSSR count). The summed E-state index contributed by atoms with van der Waals surface area (Å²) in [5.74, 6) is 0. The maximum Gasteiger partial charge on any atom is 0.0637 e. The Labute approximate surface area is 390 Å². The predicted molar refractivity (Wildman–Crippen MR) is 285 cm³/mol. The Kier molecular flexibility index (Phi) is 7.44. The Balaban J connectivity index is 0.954. The molecule has 0 spiro atoms. The number of aromatic nitrogens is 3. The third kappa shape index (κ3) is 4.95. The molecule has 10 aromatic carbocycles. The molecule has 4 heterocycles. The van der Waals surface area contributed by atoms with Crippen LogP contribution < -0.4 is 0 Å². The van der Waals surface area contributed by atoms with Crippen molar-refractivity contribution in [3.8, 4) is 39.3 Å². The van der Waals surface area contributed by atoms with Crippen LogP contribution in [0.3, 0.4) is 0 Å². The van der Waals surface area contributed by atoms with E-state index in [9.17, 15) is 0 Å². The minimum absolute atomic E-state index is 0.206. The van der Waals surface area contributed by atoms with Gasteiger partial charge in [0.05, 0.1) is 33.1 Å². The number of para-hydroxylation sites is 4. The van der Waals surface area contributed by atoms with Gasteiger partial charge in [-0.3, -0.25) is 0 Å². The van der Waals surface area contributed by atoms with Gasteiger partial charge in [-0.2, -0.15) is 0 Å². The normalized spacial score (nSPS) is 13.3. The summed E-state index contributed by atoms with van der Waals surface area (Å²) in [6.45, 7) is 4.88. The second kappa shape index (κ2) is 13.4. The van der Waals surface area contributed by atoms with Crippen molar-refractivity contribution in [3.05, 3.63) is 223 Å². The molecule has 1 aliphatic rings. The van der Waals surface area contributed by atoms with Crippen LogP contribution in [-0.2, 0) is 5.41 Å². The molecule has 4 heteroatoms. The molecule has 0 aliphatic heterocycles. The van der Waals surface area contributed by atoms with Crippen molar-refractivity contribution in [1.29, 1.82) is 0 Å². The summed E-state index contributed by atoms with van der Waals surface area (Å²) in [5.41, 5.74) is 18.6. The van der Waals surface area contributed by atoms with E-state index in [-0.39, 0.29) is 5.41 Å². The fraction of sp³-hybridized carbons (Fsp3) is 0.0476. The first-order valence-corrected chi connectivity index (χ1v) is 24.1. The lowest BCUT2D eigenvalue weighted by atomic mass is 9.80. The molecule has 0 N–H and O–H groups in total. The standard InChI is InChI=1S/C63H41N3S/c1-63(2)50-23-11-6-21-46(50)58-60(63)57-49-37-39(29-35-55(49)66(40-16-4-3-5-17-40)61(57)59-47-22-10-15-27-56(47)67-62(58)59)38-28-34-54-48(36-38)45-20-9-14-26-53(45)65(54)42-32-30-41(31-33-42)64-51-24-12-7-18-43(51)44-19-8-13-25-52(44)64/h3-37H,1-2H3. The van der Waals surface area contributed by atoms with Crippen LogP contribution in [0.4, 0.5) is 0 Å². The topological polar surface area (TPSA) is 14.8 Å². The highest BCUT2D eigenvalue weighted by atomic mass is 32.1. The number of nitrogens with zero attached hydrogens (tertiary/aromatic N) is 3. The highest BCUT2D eigenvalue weighted by Crippen LogP contribution is 2.59. The average Bonchev–Trinajstić information content (AvgIpc) is 4.16. The van der Waals surface area contributed by atoms with Crippen molar-refractivity contribution in [2.45, 2.75) is 19.3 Å². The molecule has 0 saturated carbocycles. The number of thiophene rings is 1. The number of fused-ring (bicyclic) bond motifs is 18. The first-order chi connectivity index (χ1) is 33.0. The van der Waals surface area contributed by atoms with E-state index in [0.29, 0.717) is 0 Å². The van der Waals surface area contributed by atoms with Gasteiger partial charge in [-0.25, -0.2) is 0 Å². The summed E-state index contributed by atoms with van der Waals surface area (Å²) >= 11 is 1.95. The fourth-order valence-electron chi connectivity index (χ4n) is 12.1. The van der Waals surface area contributed by atoms with Crippen LogP contribution >= 0.6 is 11.3 Å². The van der Waals surface area contributed by atoms with Crippen LogP contribution in [0.25, 0.3) is 125 Å². The third-order valence-electron chi connectivity index (χ3n) is 15.0. The highest BCUT2D eigenvalue weighted by molar-refractivity contribution is 7.26. The zero-order chi connectivity index (χ0) is 44.1. The van der Waals surface area contributed by atoms with Gasteiger partial charge in [0.25, 0.3) is 0 Å². The minimum atomic E-state index is -0.206. The van der Waals surface area contributed by atoms with Crippen molar-refractivity contribution in [2.75, 3.05) is 0 Å². The molecule has 14 aromatic rings. The lowest BCUT2D eigenvalue weighted by Crippen LogP contribution is -2.15. The second-order valence-electron chi connectivity index (χ2n) is 18.8. The molecule has 0 amide bonds. The lowest BCUT2D eigenvalue weighted by molar-refractivity contribution is 0.667. The molecule has 0 atom stereocenters. The Morgan fingerprint density at radius 2 is 0.851 bits per heavy atom. The van der Waals surface area contributed by atoms with E-state index in [1.165, 1.54) is 125 Å². The molecule has 1 aliphatic carbocycles. The largest absolute Gasteiger partial charge is 0.309 e. The SMILES string of the molecule is CC1(C)c2ccccc2-c2c1c1c3cc(-c4ccc5c(c4)c4ccccc4n5-c4ccc(-n5c6ccccc6c6ccccc65)cc4)ccc3n(-c3ccccc3)c1c1c2sc2ccccc21. The summed E-state index contributed by atoms with van der Waals surface area (Å²) in [6.07, 6.45) is 0. The molecule has 4 aromatic heterocycles. The number of hydrogen-bond acceptors (Lipinski definition) is 1. The van der Waals surface area contributed by atoms with Gasteiger partial charge >= 0.3 is 0 Å². The predicted octanol–water partition coefficient (Wildman–Crippen LogP) is 17.3. The van der Waals surface area contributed by atoms with E-state index in [2.05, 4.69) is 240 Å². The molecule has 67 heavy (non-hydrogen) atoms. The van der Waals surface area contributed by atoms with Gasteiger partial charge in [0.2, 0.25) is 0 Å².